The second kappa shape index (κ2) is 5.99. The Kier molecular flexibility index (Phi) is 4.52. The molecule has 6 heteroatoms. The van der Waals surface area contributed by atoms with Crippen LogP contribution < -0.4 is 15.5 Å². The van der Waals surface area contributed by atoms with E-state index < -0.39 is 0 Å². The molecule has 20 heavy (non-hydrogen) atoms. The maximum atomic E-state index is 11.8. The second-order valence-electron chi connectivity index (χ2n) is 5.02. The van der Waals surface area contributed by atoms with Crippen molar-refractivity contribution in [3.05, 3.63) is 22.7 Å². The van der Waals surface area contributed by atoms with Crippen LogP contribution in [-0.2, 0) is 9.53 Å². The van der Waals surface area contributed by atoms with E-state index in [1.54, 1.807) is 14.2 Å². The molecule has 1 aliphatic heterocycles. The van der Waals surface area contributed by atoms with Gasteiger partial charge in [0.2, 0.25) is 5.91 Å². The molecule has 0 spiro atoms. The number of hydrogen-bond acceptors (Lipinski definition) is 4. The van der Waals surface area contributed by atoms with Crippen molar-refractivity contribution in [2.45, 2.75) is 19.0 Å². The fraction of sp³-hybridized carbons (Fsp3) is 0.500. The number of anilines is 2. The molecule has 0 radical (unpaired) electrons. The zero-order valence-electron chi connectivity index (χ0n) is 12.2. The van der Waals surface area contributed by atoms with Gasteiger partial charge in [0, 0.05) is 31.5 Å². The summed E-state index contributed by atoms with van der Waals surface area (Å²) < 4.78 is 5.17. The van der Waals surface area contributed by atoms with Gasteiger partial charge in [0.1, 0.15) is 6.04 Å². The molecule has 2 unspecified atom stereocenters. The molecule has 0 aromatic heterocycles. The first-order valence-electron chi connectivity index (χ1n) is 6.53. The number of ether oxygens (including phenoxy) is 1. The first kappa shape index (κ1) is 15.1. The van der Waals surface area contributed by atoms with Crippen molar-refractivity contribution >= 4 is 28.9 Å². The number of halogens is 1. The minimum atomic E-state index is -0.335. The van der Waals surface area contributed by atoms with Crippen LogP contribution in [0.2, 0.25) is 5.02 Å². The SMILES string of the molecule is CNC1C(=O)Nc2cc(N(C)C(C)COC)c(Cl)cc21. The van der Waals surface area contributed by atoms with Crippen LogP contribution in [0.1, 0.15) is 18.5 Å². The summed E-state index contributed by atoms with van der Waals surface area (Å²) in [7, 11) is 5.39. The highest BCUT2D eigenvalue weighted by atomic mass is 35.5. The number of carbonyl (C=O) groups excluding carboxylic acids is 1. The molecule has 0 bridgehead atoms. The summed E-state index contributed by atoms with van der Waals surface area (Å²) in [6.07, 6.45) is 0. The molecular formula is C14H20ClN3O2. The molecule has 0 saturated carbocycles. The summed E-state index contributed by atoms with van der Waals surface area (Å²) >= 11 is 6.37. The molecule has 5 nitrogen and oxygen atoms in total. The Morgan fingerprint density at radius 1 is 1.55 bits per heavy atom. The van der Waals surface area contributed by atoms with Gasteiger partial charge in [0.25, 0.3) is 0 Å². The van der Waals surface area contributed by atoms with E-state index in [-0.39, 0.29) is 18.0 Å². The molecule has 1 heterocycles. The molecule has 2 rings (SSSR count). The van der Waals surface area contributed by atoms with E-state index in [1.807, 2.05) is 24.1 Å². The molecule has 1 aromatic rings. The molecule has 1 amide bonds. The van der Waals surface area contributed by atoms with Gasteiger partial charge in [0.15, 0.2) is 0 Å². The Balaban J connectivity index is 2.35. The highest BCUT2D eigenvalue weighted by molar-refractivity contribution is 6.33. The molecule has 0 saturated heterocycles. The van der Waals surface area contributed by atoms with Crippen LogP contribution in [-0.4, -0.2) is 39.8 Å². The Labute approximate surface area is 124 Å². The lowest BCUT2D eigenvalue weighted by Crippen LogP contribution is -2.32. The number of nitrogens with zero attached hydrogens (tertiary/aromatic N) is 1. The lowest BCUT2D eigenvalue weighted by atomic mass is 10.1. The molecule has 0 aliphatic carbocycles. The molecular weight excluding hydrogens is 278 g/mol. The number of benzene rings is 1. The van der Waals surface area contributed by atoms with E-state index in [0.29, 0.717) is 11.6 Å². The normalized spacial score (nSPS) is 18.6. The third kappa shape index (κ3) is 2.61. The van der Waals surface area contributed by atoms with Crippen LogP contribution in [0.25, 0.3) is 0 Å². The average molecular weight is 298 g/mol. The summed E-state index contributed by atoms with van der Waals surface area (Å²) in [6.45, 7) is 2.66. The first-order chi connectivity index (χ1) is 9.49. The Morgan fingerprint density at radius 3 is 2.85 bits per heavy atom. The molecule has 2 N–H and O–H groups in total. The maximum Gasteiger partial charge on any atom is 0.246 e. The molecule has 1 aliphatic rings. The van der Waals surface area contributed by atoms with Crippen molar-refractivity contribution in [1.29, 1.82) is 0 Å². The first-order valence-corrected chi connectivity index (χ1v) is 6.90. The van der Waals surface area contributed by atoms with Crippen LogP contribution >= 0.6 is 11.6 Å². The van der Waals surface area contributed by atoms with E-state index >= 15 is 0 Å². The third-order valence-electron chi connectivity index (χ3n) is 3.69. The van der Waals surface area contributed by atoms with Crippen LogP contribution in [0.15, 0.2) is 12.1 Å². The minimum Gasteiger partial charge on any atom is -0.383 e. The van der Waals surface area contributed by atoms with E-state index in [9.17, 15) is 4.79 Å². The van der Waals surface area contributed by atoms with Crippen molar-refractivity contribution in [2.75, 3.05) is 38.0 Å². The molecule has 2 atom stereocenters. The number of carbonyl (C=O) groups is 1. The number of hydrogen-bond donors (Lipinski definition) is 2. The maximum absolute atomic E-state index is 11.8. The van der Waals surface area contributed by atoms with Gasteiger partial charge in [-0.05, 0) is 26.1 Å². The van der Waals surface area contributed by atoms with Crippen LogP contribution in [0, 0.1) is 0 Å². The van der Waals surface area contributed by atoms with Crippen molar-refractivity contribution < 1.29 is 9.53 Å². The highest BCUT2D eigenvalue weighted by Crippen LogP contribution is 2.38. The zero-order valence-corrected chi connectivity index (χ0v) is 12.9. The number of rotatable bonds is 5. The summed E-state index contributed by atoms with van der Waals surface area (Å²) in [4.78, 5) is 13.9. The fourth-order valence-electron chi connectivity index (χ4n) is 2.42. The van der Waals surface area contributed by atoms with Gasteiger partial charge < -0.3 is 20.3 Å². The molecule has 110 valence electrons. The van der Waals surface area contributed by atoms with Crippen molar-refractivity contribution in [3.63, 3.8) is 0 Å². The summed E-state index contributed by atoms with van der Waals surface area (Å²) in [5, 5.41) is 6.49. The van der Waals surface area contributed by atoms with Gasteiger partial charge >= 0.3 is 0 Å². The van der Waals surface area contributed by atoms with E-state index in [1.165, 1.54) is 0 Å². The molecule has 0 fully saturated rings. The zero-order chi connectivity index (χ0) is 14.9. The lowest BCUT2D eigenvalue weighted by molar-refractivity contribution is -0.117. The largest absolute Gasteiger partial charge is 0.383 e. The van der Waals surface area contributed by atoms with Gasteiger partial charge in [-0.3, -0.25) is 4.79 Å². The van der Waals surface area contributed by atoms with Crippen molar-refractivity contribution in [2.24, 2.45) is 0 Å². The summed E-state index contributed by atoms with van der Waals surface area (Å²) in [5.41, 5.74) is 2.58. The minimum absolute atomic E-state index is 0.0525. The standard InChI is InChI=1S/C14H20ClN3O2/c1-8(7-20-4)18(3)12-6-11-9(5-10(12)15)13(16-2)14(19)17-11/h5-6,8,13,16H,7H2,1-4H3,(H,17,19). The lowest BCUT2D eigenvalue weighted by Gasteiger charge is -2.28. The predicted octanol–water partition coefficient (Wildman–Crippen LogP) is 2.02. The van der Waals surface area contributed by atoms with Gasteiger partial charge in [-0.25, -0.2) is 0 Å². The Bertz CT molecular complexity index is 521. The van der Waals surface area contributed by atoms with E-state index in [0.717, 1.165) is 16.9 Å². The van der Waals surface area contributed by atoms with Crippen LogP contribution in [0.4, 0.5) is 11.4 Å². The average Bonchev–Trinajstić information content (AvgIpc) is 2.71. The van der Waals surface area contributed by atoms with Gasteiger partial charge in [-0.1, -0.05) is 11.6 Å². The smallest absolute Gasteiger partial charge is 0.246 e. The van der Waals surface area contributed by atoms with Gasteiger partial charge in [-0.2, -0.15) is 0 Å². The van der Waals surface area contributed by atoms with Crippen molar-refractivity contribution in [3.8, 4) is 0 Å². The van der Waals surface area contributed by atoms with Crippen LogP contribution in [0.3, 0.4) is 0 Å². The number of amides is 1. The molecule has 1 aromatic carbocycles. The summed E-state index contributed by atoms with van der Waals surface area (Å²) in [5.74, 6) is -0.0525. The topological polar surface area (TPSA) is 53.6 Å². The van der Waals surface area contributed by atoms with Crippen LogP contribution in [0.5, 0.6) is 0 Å². The highest BCUT2D eigenvalue weighted by Gasteiger charge is 2.30. The fourth-order valence-corrected chi connectivity index (χ4v) is 2.72. The van der Waals surface area contributed by atoms with E-state index in [2.05, 4.69) is 17.6 Å². The quantitative estimate of drug-likeness (QED) is 0.873. The summed E-state index contributed by atoms with van der Waals surface area (Å²) in [6, 6.07) is 3.62. The Morgan fingerprint density at radius 2 is 2.25 bits per heavy atom. The number of methoxy groups -OCH3 is 1. The Hall–Kier alpha value is -1.30. The third-order valence-corrected chi connectivity index (χ3v) is 3.99. The predicted molar refractivity (Wildman–Crippen MR) is 81.6 cm³/mol. The van der Waals surface area contributed by atoms with Crippen molar-refractivity contribution in [1.82, 2.24) is 5.32 Å². The number of nitrogens with one attached hydrogen (secondary N) is 2. The number of likely N-dealkylation sites (N-methyl/N-ethyl adjacent to an activating group) is 2. The second-order valence-corrected chi connectivity index (χ2v) is 5.42. The van der Waals surface area contributed by atoms with Gasteiger partial charge in [-0.15, -0.1) is 0 Å². The monoisotopic (exact) mass is 297 g/mol. The number of fused-ring (bicyclic) bond motifs is 1. The van der Waals surface area contributed by atoms with E-state index in [4.69, 9.17) is 16.3 Å². The van der Waals surface area contributed by atoms with Gasteiger partial charge in [0.05, 0.1) is 17.3 Å².